The second kappa shape index (κ2) is 6.17. The summed E-state index contributed by atoms with van der Waals surface area (Å²) in [6, 6.07) is 10.5. The summed E-state index contributed by atoms with van der Waals surface area (Å²) >= 11 is 0. The van der Waals surface area contributed by atoms with Gasteiger partial charge in [0.2, 0.25) is 0 Å². The standard InChI is InChI=1S/C19H21N5/c1-23(2)19-16-12-24(10-8-17(16)21-13-22-19)11-15-6-3-5-14-7-4-9-20-18(14)15/h3-7,9,13H,8,10-12H2,1-2H3. The van der Waals surface area contributed by atoms with E-state index in [0.29, 0.717) is 0 Å². The molecule has 24 heavy (non-hydrogen) atoms. The van der Waals surface area contributed by atoms with E-state index in [-0.39, 0.29) is 0 Å². The summed E-state index contributed by atoms with van der Waals surface area (Å²) in [7, 11) is 4.08. The maximum absolute atomic E-state index is 4.58. The fraction of sp³-hybridized carbons (Fsp3) is 0.316. The van der Waals surface area contributed by atoms with E-state index in [0.717, 1.165) is 37.4 Å². The van der Waals surface area contributed by atoms with E-state index in [2.05, 4.69) is 49.0 Å². The van der Waals surface area contributed by atoms with Crippen molar-refractivity contribution in [1.29, 1.82) is 0 Å². The van der Waals surface area contributed by atoms with Crippen molar-refractivity contribution in [2.45, 2.75) is 19.5 Å². The Labute approximate surface area is 142 Å². The molecule has 122 valence electrons. The van der Waals surface area contributed by atoms with E-state index in [4.69, 9.17) is 0 Å². The zero-order valence-electron chi connectivity index (χ0n) is 14.1. The SMILES string of the molecule is CN(C)c1ncnc2c1CN(Cc1cccc3cccnc13)CC2. The van der Waals surface area contributed by atoms with Crippen LogP contribution in [0.3, 0.4) is 0 Å². The number of fused-ring (bicyclic) bond motifs is 2. The minimum absolute atomic E-state index is 0.882. The van der Waals surface area contributed by atoms with Gasteiger partial charge in [0, 0.05) is 57.3 Å². The molecule has 5 heteroatoms. The second-order valence-corrected chi connectivity index (χ2v) is 6.47. The highest BCUT2D eigenvalue weighted by Gasteiger charge is 2.22. The Hall–Kier alpha value is -2.53. The van der Waals surface area contributed by atoms with Crippen molar-refractivity contribution in [2.24, 2.45) is 0 Å². The number of para-hydroxylation sites is 1. The van der Waals surface area contributed by atoms with E-state index in [1.165, 1.54) is 22.2 Å². The van der Waals surface area contributed by atoms with Crippen molar-refractivity contribution in [3.8, 4) is 0 Å². The van der Waals surface area contributed by atoms with Crippen molar-refractivity contribution in [3.63, 3.8) is 0 Å². The monoisotopic (exact) mass is 319 g/mol. The van der Waals surface area contributed by atoms with Gasteiger partial charge in [-0.25, -0.2) is 9.97 Å². The van der Waals surface area contributed by atoms with Gasteiger partial charge in [-0.05, 0) is 11.6 Å². The topological polar surface area (TPSA) is 45.2 Å². The molecule has 0 spiro atoms. The molecule has 1 aromatic carbocycles. The maximum atomic E-state index is 4.58. The van der Waals surface area contributed by atoms with Gasteiger partial charge in [0.25, 0.3) is 0 Å². The van der Waals surface area contributed by atoms with Gasteiger partial charge < -0.3 is 4.90 Å². The first-order chi connectivity index (χ1) is 11.7. The number of aromatic nitrogens is 3. The fourth-order valence-electron chi connectivity index (χ4n) is 3.44. The summed E-state index contributed by atoms with van der Waals surface area (Å²) in [6.45, 7) is 2.79. The molecular formula is C19H21N5. The summed E-state index contributed by atoms with van der Waals surface area (Å²) in [5.74, 6) is 1.03. The molecule has 0 aliphatic carbocycles. The van der Waals surface area contributed by atoms with Crippen LogP contribution < -0.4 is 4.90 Å². The third-order valence-electron chi connectivity index (χ3n) is 4.59. The number of nitrogens with zero attached hydrogens (tertiary/aromatic N) is 5. The van der Waals surface area contributed by atoms with Crippen molar-refractivity contribution >= 4 is 16.7 Å². The summed E-state index contributed by atoms with van der Waals surface area (Å²) in [4.78, 5) is 18.0. The highest BCUT2D eigenvalue weighted by Crippen LogP contribution is 2.26. The first-order valence-corrected chi connectivity index (χ1v) is 8.27. The highest BCUT2D eigenvalue weighted by atomic mass is 15.2. The number of hydrogen-bond donors (Lipinski definition) is 0. The van der Waals surface area contributed by atoms with Crippen molar-refractivity contribution in [3.05, 3.63) is 59.7 Å². The normalized spacial score (nSPS) is 14.6. The third kappa shape index (κ3) is 2.71. The van der Waals surface area contributed by atoms with E-state index in [1.54, 1.807) is 6.33 Å². The first kappa shape index (κ1) is 15.0. The number of benzene rings is 1. The molecule has 0 fully saturated rings. The zero-order valence-corrected chi connectivity index (χ0v) is 14.1. The van der Waals surface area contributed by atoms with Crippen molar-refractivity contribution in [1.82, 2.24) is 19.9 Å². The van der Waals surface area contributed by atoms with E-state index < -0.39 is 0 Å². The molecule has 0 unspecified atom stereocenters. The van der Waals surface area contributed by atoms with Gasteiger partial charge in [0.05, 0.1) is 11.2 Å². The largest absolute Gasteiger partial charge is 0.362 e. The Bertz CT molecular complexity index is 869. The summed E-state index contributed by atoms with van der Waals surface area (Å²) in [5, 5.41) is 1.20. The fourth-order valence-corrected chi connectivity index (χ4v) is 3.44. The van der Waals surface area contributed by atoms with E-state index >= 15 is 0 Å². The molecule has 0 radical (unpaired) electrons. The molecule has 5 nitrogen and oxygen atoms in total. The third-order valence-corrected chi connectivity index (χ3v) is 4.59. The molecule has 3 heterocycles. The molecule has 1 aliphatic rings. The minimum atomic E-state index is 0.882. The Kier molecular flexibility index (Phi) is 3.86. The zero-order chi connectivity index (χ0) is 16.5. The van der Waals surface area contributed by atoms with Crippen molar-refractivity contribution in [2.75, 3.05) is 25.5 Å². The maximum Gasteiger partial charge on any atom is 0.136 e. The molecule has 1 aliphatic heterocycles. The van der Waals surface area contributed by atoms with Crippen LogP contribution in [0.5, 0.6) is 0 Å². The number of hydrogen-bond acceptors (Lipinski definition) is 5. The minimum Gasteiger partial charge on any atom is -0.362 e. The van der Waals surface area contributed by atoms with E-state index in [1.807, 2.05) is 26.4 Å². The number of pyridine rings is 1. The molecular weight excluding hydrogens is 298 g/mol. The molecule has 3 aromatic rings. The number of anilines is 1. The Morgan fingerprint density at radius 3 is 2.83 bits per heavy atom. The van der Waals surface area contributed by atoms with Crippen LogP contribution in [0.25, 0.3) is 10.9 Å². The smallest absolute Gasteiger partial charge is 0.136 e. The van der Waals surface area contributed by atoms with Crippen LogP contribution in [0.2, 0.25) is 0 Å². The lowest BCUT2D eigenvalue weighted by molar-refractivity contribution is 0.244. The molecule has 0 saturated carbocycles. The van der Waals surface area contributed by atoms with Crippen LogP contribution in [0, 0.1) is 0 Å². The van der Waals surface area contributed by atoms with Gasteiger partial charge in [-0.2, -0.15) is 0 Å². The van der Waals surface area contributed by atoms with Gasteiger partial charge in [-0.3, -0.25) is 9.88 Å². The first-order valence-electron chi connectivity index (χ1n) is 8.27. The molecule has 0 bridgehead atoms. The van der Waals surface area contributed by atoms with Gasteiger partial charge in [-0.15, -0.1) is 0 Å². The average molecular weight is 319 g/mol. The van der Waals surface area contributed by atoms with Crippen LogP contribution in [0.15, 0.2) is 42.9 Å². The van der Waals surface area contributed by atoms with Crippen LogP contribution in [0.1, 0.15) is 16.8 Å². The summed E-state index contributed by atoms with van der Waals surface area (Å²) in [6.07, 6.45) is 4.52. The Morgan fingerprint density at radius 1 is 1.08 bits per heavy atom. The van der Waals surface area contributed by atoms with Gasteiger partial charge >= 0.3 is 0 Å². The van der Waals surface area contributed by atoms with Gasteiger partial charge in [-0.1, -0.05) is 24.3 Å². The molecule has 0 amide bonds. The average Bonchev–Trinajstić information content (AvgIpc) is 2.61. The van der Waals surface area contributed by atoms with Crippen molar-refractivity contribution < 1.29 is 0 Å². The van der Waals surface area contributed by atoms with Gasteiger partial charge in [0.1, 0.15) is 12.1 Å². The molecule has 2 aromatic heterocycles. The van der Waals surface area contributed by atoms with Gasteiger partial charge in [0.15, 0.2) is 0 Å². The molecule has 0 atom stereocenters. The molecule has 4 rings (SSSR count). The second-order valence-electron chi connectivity index (χ2n) is 6.47. The van der Waals surface area contributed by atoms with Crippen LogP contribution >= 0.6 is 0 Å². The molecule has 0 saturated heterocycles. The van der Waals surface area contributed by atoms with Crippen LogP contribution in [-0.2, 0) is 19.5 Å². The van der Waals surface area contributed by atoms with Crippen LogP contribution in [-0.4, -0.2) is 40.5 Å². The lowest BCUT2D eigenvalue weighted by Gasteiger charge is -2.30. The van der Waals surface area contributed by atoms with Crippen LogP contribution in [0.4, 0.5) is 5.82 Å². The summed E-state index contributed by atoms with van der Waals surface area (Å²) in [5.41, 5.74) is 4.81. The quantitative estimate of drug-likeness (QED) is 0.742. The van der Waals surface area contributed by atoms with E-state index in [9.17, 15) is 0 Å². The lowest BCUT2D eigenvalue weighted by atomic mass is 10.0. The molecule has 0 N–H and O–H groups in total. The summed E-state index contributed by atoms with van der Waals surface area (Å²) < 4.78 is 0. The Morgan fingerprint density at radius 2 is 1.96 bits per heavy atom. The predicted octanol–water partition coefficient (Wildman–Crippen LogP) is 2.65. The lowest BCUT2D eigenvalue weighted by Crippen LogP contribution is -2.32. The Balaban J connectivity index is 1.63. The predicted molar refractivity (Wildman–Crippen MR) is 95.9 cm³/mol. The highest BCUT2D eigenvalue weighted by molar-refractivity contribution is 5.81. The number of rotatable bonds is 3.